The van der Waals surface area contributed by atoms with Gasteiger partial charge in [-0.05, 0) is 25.7 Å². The number of hydrogen-bond donors (Lipinski definition) is 1. The van der Waals surface area contributed by atoms with E-state index in [2.05, 4.69) is 0 Å². The molecule has 0 aromatic rings. The predicted octanol–water partition coefficient (Wildman–Crippen LogP) is 0.625. The Morgan fingerprint density at radius 3 is 2.61 bits per heavy atom. The minimum Gasteiger partial charge on any atom is -0.384 e. The molecule has 1 rings (SSSR count). The van der Waals surface area contributed by atoms with E-state index in [1.165, 1.54) is 0 Å². The average molecular weight is 258 g/mol. The molecule has 1 amide bonds. The molecule has 0 bridgehead atoms. The highest BCUT2D eigenvalue weighted by Gasteiger charge is 2.24. The van der Waals surface area contributed by atoms with E-state index >= 15 is 0 Å². The Hall–Kier alpha value is -0.650. The summed E-state index contributed by atoms with van der Waals surface area (Å²) in [4.78, 5) is 14.0. The molecule has 0 aromatic carbocycles. The number of ether oxygens (including phenoxy) is 2. The van der Waals surface area contributed by atoms with Crippen molar-refractivity contribution < 1.29 is 14.3 Å². The first-order valence-electron chi connectivity index (χ1n) is 6.79. The highest BCUT2D eigenvalue weighted by molar-refractivity contribution is 5.76. The van der Waals surface area contributed by atoms with Gasteiger partial charge in [-0.25, -0.2) is 0 Å². The third kappa shape index (κ3) is 4.92. The summed E-state index contributed by atoms with van der Waals surface area (Å²) >= 11 is 0. The molecular weight excluding hydrogens is 232 g/mol. The number of methoxy groups -OCH3 is 1. The molecule has 1 saturated heterocycles. The Kier molecular flexibility index (Phi) is 7.23. The van der Waals surface area contributed by atoms with Crippen molar-refractivity contribution in [1.82, 2.24) is 4.90 Å². The van der Waals surface area contributed by atoms with Crippen molar-refractivity contribution >= 4 is 5.91 Å². The molecule has 1 unspecified atom stereocenters. The van der Waals surface area contributed by atoms with Crippen molar-refractivity contribution in [3.05, 3.63) is 0 Å². The lowest BCUT2D eigenvalue weighted by molar-refractivity contribution is -0.135. The highest BCUT2D eigenvalue weighted by Crippen LogP contribution is 2.18. The molecule has 1 atom stereocenters. The van der Waals surface area contributed by atoms with E-state index in [1.807, 2.05) is 11.8 Å². The molecule has 1 heterocycles. The Morgan fingerprint density at radius 1 is 1.44 bits per heavy atom. The van der Waals surface area contributed by atoms with Crippen LogP contribution in [0.2, 0.25) is 0 Å². The molecule has 0 spiro atoms. The maximum Gasteiger partial charge on any atom is 0.225 e. The maximum atomic E-state index is 12.1. The van der Waals surface area contributed by atoms with E-state index in [-0.39, 0.29) is 12.0 Å². The zero-order valence-electron chi connectivity index (χ0n) is 11.6. The molecule has 0 saturated carbocycles. The van der Waals surface area contributed by atoms with Crippen molar-refractivity contribution in [2.45, 2.75) is 32.3 Å². The number of nitrogens with two attached hydrogens (primary N) is 1. The number of carbonyl (C=O) groups excluding carboxylic acids is 1. The molecule has 5 heteroatoms. The highest BCUT2D eigenvalue weighted by atomic mass is 16.5. The van der Waals surface area contributed by atoms with Crippen molar-refractivity contribution in [1.29, 1.82) is 0 Å². The van der Waals surface area contributed by atoms with E-state index < -0.39 is 0 Å². The fourth-order valence-corrected chi connectivity index (χ4v) is 2.35. The van der Waals surface area contributed by atoms with Gasteiger partial charge in [0.25, 0.3) is 0 Å². The molecular formula is C13H26N2O3. The van der Waals surface area contributed by atoms with E-state index in [0.717, 1.165) is 32.5 Å². The minimum absolute atomic E-state index is 0.140. The first-order chi connectivity index (χ1) is 8.71. The number of amides is 1. The lowest BCUT2D eigenvalue weighted by Crippen LogP contribution is -2.41. The zero-order chi connectivity index (χ0) is 13.4. The van der Waals surface area contributed by atoms with Crippen LogP contribution in [0.4, 0.5) is 0 Å². The summed E-state index contributed by atoms with van der Waals surface area (Å²) in [6, 6.07) is 0. The van der Waals surface area contributed by atoms with Gasteiger partial charge >= 0.3 is 0 Å². The van der Waals surface area contributed by atoms with E-state index in [0.29, 0.717) is 25.5 Å². The lowest BCUT2D eigenvalue weighted by Gasteiger charge is -2.32. The molecule has 0 aromatic heterocycles. The van der Waals surface area contributed by atoms with Gasteiger partial charge in [0, 0.05) is 40.0 Å². The van der Waals surface area contributed by atoms with Gasteiger partial charge in [0.1, 0.15) is 0 Å². The summed E-state index contributed by atoms with van der Waals surface area (Å²) in [5.74, 6) is 0.756. The largest absolute Gasteiger partial charge is 0.384 e. The number of likely N-dealkylation sites (tertiary alicyclic amines) is 1. The van der Waals surface area contributed by atoms with Gasteiger partial charge in [0.2, 0.25) is 5.91 Å². The smallest absolute Gasteiger partial charge is 0.225 e. The normalized spacial score (nSPS) is 18.9. The predicted molar refractivity (Wildman–Crippen MR) is 70.3 cm³/mol. The van der Waals surface area contributed by atoms with Gasteiger partial charge in [-0.2, -0.15) is 0 Å². The number of hydrogen-bond acceptors (Lipinski definition) is 4. The monoisotopic (exact) mass is 258 g/mol. The summed E-state index contributed by atoms with van der Waals surface area (Å²) < 4.78 is 10.6. The molecule has 106 valence electrons. The molecule has 0 aliphatic carbocycles. The topological polar surface area (TPSA) is 64.8 Å². The minimum atomic E-state index is -0.140. The summed E-state index contributed by atoms with van der Waals surface area (Å²) in [5, 5.41) is 0. The van der Waals surface area contributed by atoms with Crippen LogP contribution in [0.25, 0.3) is 0 Å². The quantitative estimate of drug-likeness (QED) is 0.727. The van der Waals surface area contributed by atoms with E-state index in [4.69, 9.17) is 15.2 Å². The third-order valence-electron chi connectivity index (χ3n) is 3.44. The second kappa shape index (κ2) is 8.45. The van der Waals surface area contributed by atoms with Crippen molar-refractivity contribution in [2.24, 2.45) is 11.7 Å². The second-order valence-electron chi connectivity index (χ2n) is 4.80. The first kappa shape index (κ1) is 15.4. The summed E-state index contributed by atoms with van der Waals surface area (Å²) in [7, 11) is 1.73. The fourth-order valence-electron chi connectivity index (χ4n) is 2.35. The van der Waals surface area contributed by atoms with Crippen molar-refractivity contribution in [2.75, 3.05) is 40.0 Å². The summed E-state index contributed by atoms with van der Waals surface area (Å²) in [6.07, 6.45) is 2.32. The Morgan fingerprint density at radius 2 is 2.11 bits per heavy atom. The van der Waals surface area contributed by atoms with E-state index in [9.17, 15) is 4.79 Å². The number of rotatable bonds is 7. The SMILES string of the molecule is CCOC(CN)CC(=O)N1CCC(COC)CC1. The van der Waals surface area contributed by atoms with Gasteiger partial charge in [0.05, 0.1) is 12.5 Å². The number of piperidine rings is 1. The molecule has 1 fully saturated rings. The van der Waals surface area contributed by atoms with Gasteiger partial charge in [-0.1, -0.05) is 0 Å². The second-order valence-corrected chi connectivity index (χ2v) is 4.80. The zero-order valence-corrected chi connectivity index (χ0v) is 11.6. The fraction of sp³-hybridized carbons (Fsp3) is 0.923. The van der Waals surface area contributed by atoms with Gasteiger partial charge < -0.3 is 20.1 Å². The Labute approximate surface area is 110 Å². The number of carbonyl (C=O) groups is 1. The van der Waals surface area contributed by atoms with Crippen LogP contribution in [0.1, 0.15) is 26.2 Å². The maximum absolute atomic E-state index is 12.1. The standard InChI is InChI=1S/C13H26N2O3/c1-3-18-12(9-14)8-13(16)15-6-4-11(5-7-15)10-17-2/h11-12H,3-10,14H2,1-2H3. The molecule has 1 aliphatic rings. The lowest BCUT2D eigenvalue weighted by atomic mass is 9.97. The molecule has 0 radical (unpaired) electrons. The Balaban J connectivity index is 2.30. The van der Waals surface area contributed by atoms with Crippen LogP contribution in [-0.4, -0.2) is 56.9 Å². The molecule has 18 heavy (non-hydrogen) atoms. The van der Waals surface area contributed by atoms with Crippen LogP contribution in [0.15, 0.2) is 0 Å². The third-order valence-corrected chi connectivity index (χ3v) is 3.44. The number of nitrogens with zero attached hydrogens (tertiary/aromatic N) is 1. The molecule has 1 aliphatic heterocycles. The van der Waals surface area contributed by atoms with Crippen molar-refractivity contribution in [3.63, 3.8) is 0 Å². The average Bonchev–Trinajstić information content (AvgIpc) is 2.39. The van der Waals surface area contributed by atoms with Gasteiger partial charge in [-0.15, -0.1) is 0 Å². The molecule has 5 nitrogen and oxygen atoms in total. The summed E-state index contributed by atoms with van der Waals surface area (Å²) in [6.45, 7) is 5.38. The Bertz CT molecular complexity index is 240. The molecule has 2 N–H and O–H groups in total. The van der Waals surface area contributed by atoms with Crippen LogP contribution in [0.3, 0.4) is 0 Å². The van der Waals surface area contributed by atoms with Crippen LogP contribution >= 0.6 is 0 Å². The van der Waals surface area contributed by atoms with E-state index in [1.54, 1.807) is 7.11 Å². The van der Waals surface area contributed by atoms with Crippen LogP contribution < -0.4 is 5.73 Å². The van der Waals surface area contributed by atoms with Gasteiger partial charge in [0.15, 0.2) is 0 Å². The van der Waals surface area contributed by atoms with Gasteiger partial charge in [-0.3, -0.25) is 4.79 Å². The first-order valence-corrected chi connectivity index (χ1v) is 6.79. The van der Waals surface area contributed by atoms with Crippen LogP contribution in [0.5, 0.6) is 0 Å². The van der Waals surface area contributed by atoms with Crippen LogP contribution in [-0.2, 0) is 14.3 Å². The summed E-state index contributed by atoms with van der Waals surface area (Å²) in [5.41, 5.74) is 5.59. The van der Waals surface area contributed by atoms with Crippen LogP contribution in [0, 0.1) is 5.92 Å². The van der Waals surface area contributed by atoms with Crippen molar-refractivity contribution in [3.8, 4) is 0 Å².